The number of nitrogens with one attached hydrogen (secondary N) is 1. The summed E-state index contributed by atoms with van der Waals surface area (Å²) >= 11 is 7.37. The number of halogens is 4. The third kappa shape index (κ3) is 6.31. The maximum Gasteiger partial charge on any atom is 0.434 e. The first kappa shape index (κ1) is 27.5. The summed E-state index contributed by atoms with van der Waals surface area (Å²) in [5.74, 6) is -1.45. The number of amidine groups is 1. The summed E-state index contributed by atoms with van der Waals surface area (Å²) < 4.78 is 52.7. The van der Waals surface area contributed by atoms with Gasteiger partial charge < -0.3 is 19.7 Å². The standard InChI is InChI=1S/C24H26ClF3N4O4S/c1-2-36-22(34)19-20(16-5-3-4-6-17(16)25)32-15(14-37-23(32)30-21(19)24(26,27)28)13-18(33)29-7-8-31-9-11-35-12-10-31/h3-6,14,20H,2,7-13H2,1H3,(H,29,33). The van der Waals surface area contributed by atoms with Gasteiger partial charge >= 0.3 is 12.1 Å². The number of carbonyl (C=O) groups is 2. The number of fused-ring (bicyclic) bond motifs is 1. The van der Waals surface area contributed by atoms with Crippen LogP contribution >= 0.6 is 23.4 Å². The normalized spacial score (nSPS) is 20.4. The Hall–Kier alpha value is -2.54. The van der Waals surface area contributed by atoms with E-state index < -0.39 is 29.5 Å². The summed E-state index contributed by atoms with van der Waals surface area (Å²) in [6.45, 7) is 5.33. The van der Waals surface area contributed by atoms with Crippen molar-refractivity contribution in [2.45, 2.75) is 25.6 Å². The quantitative estimate of drug-likeness (QED) is 0.485. The first-order valence-electron chi connectivity index (χ1n) is 11.7. The molecule has 0 saturated carbocycles. The van der Waals surface area contributed by atoms with Gasteiger partial charge in [-0.2, -0.15) is 13.2 Å². The van der Waals surface area contributed by atoms with E-state index in [2.05, 4.69) is 15.2 Å². The van der Waals surface area contributed by atoms with E-state index in [-0.39, 0.29) is 34.7 Å². The van der Waals surface area contributed by atoms with Crippen LogP contribution in [0.1, 0.15) is 24.9 Å². The van der Waals surface area contributed by atoms with Crippen molar-refractivity contribution in [2.75, 3.05) is 46.0 Å². The van der Waals surface area contributed by atoms with Crippen molar-refractivity contribution < 1.29 is 32.2 Å². The summed E-state index contributed by atoms with van der Waals surface area (Å²) in [6, 6.07) is 5.06. The van der Waals surface area contributed by atoms with E-state index in [9.17, 15) is 22.8 Å². The van der Waals surface area contributed by atoms with Gasteiger partial charge in [0.1, 0.15) is 0 Å². The number of morpholine rings is 1. The highest BCUT2D eigenvalue weighted by atomic mass is 35.5. The smallest absolute Gasteiger partial charge is 0.434 e. The zero-order valence-electron chi connectivity index (χ0n) is 20.0. The minimum absolute atomic E-state index is 0.00131. The number of hydrogen-bond donors (Lipinski definition) is 1. The maximum absolute atomic E-state index is 14.1. The Labute approximate surface area is 221 Å². The lowest BCUT2D eigenvalue weighted by molar-refractivity contribution is -0.140. The van der Waals surface area contributed by atoms with Crippen LogP contribution in [-0.4, -0.2) is 79.0 Å². The van der Waals surface area contributed by atoms with E-state index in [1.165, 1.54) is 17.9 Å². The van der Waals surface area contributed by atoms with Gasteiger partial charge in [0.2, 0.25) is 5.91 Å². The third-order valence-corrected chi connectivity index (χ3v) is 7.20. The second kappa shape index (κ2) is 11.9. The molecule has 4 rings (SSSR count). The van der Waals surface area contributed by atoms with Crippen molar-refractivity contribution in [1.82, 2.24) is 15.1 Å². The molecule has 1 N–H and O–H groups in total. The predicted molar refractivity (Wildman–Crippen MR) is 134 cm³/mol. The van der Waals surface area contributed by atoms with Crippen molar-refractivity contribution >= 4 is 40.4 Å². The second-order valence-electron chi connectivity index (χ2n) is 8.38. The first-order valence-corrected chi connectivity index (χ1v) is 13.0. The highest BCUT2D eigenvalue weighted by Crippen LogP contribution is 2.49. The van der Waals surface area contributed by atoms with Crippen LogP contribution in [-0.2, 0) is 19.1 Å². The number of benzene rings is 1. The molecule has 3 aliphatic heterocycles. The average Bonchev–Trinajstić information content (AvgIpc) is 3.26. The number of rotatable bonds is 8. The zero-order valence-corrected chi connectivity index (χ0v) is 21.6. The molecular formula is C24H26ClF3N4O4S. The van der Waals surface area contributed by atoms with Crippen LogP contribution in [0.5, 0.6) is 0 Å². The first-order chi connectivity index (χ1) is 17.7. The lowest BCUT2D eigenvalue weighted by Gasteiger charge is -2.37. The summed E-state index contributed by atoms with van der Waals surface area (Å²) in [4.78, 5) is 33.1. The lowest BCUT2D eigenvalue weighted by Crippen LogP contribution is -2.42. The molecule has 1 aromatic rings. The molecule has 1 fully saturated rings. The predicted octanol–water partition coefficient (Wildman–Crippen LogP) is 3.86. The molecule has 0 spiro atoms. The monoisotopic (exact) mass is 558 g/mol. The molecule has 200 valence electrons. The number of hydrogen-bond acceptors (Lipinski definition) is 8. The van der Waals surface area contributed by atoms with Crippen molar-refractivity contribution in [3.8, 4) is 0 Å². The number of amides is 1. The highest BCUT2D eigenvalue weighted by Gasteiger charge is 2.49. The van der Waals surface area contributed by atoms with Crippen LogP contribution in [0.3, 0.4) is 0 Å². The molecular weight excluding hydrogens is 533 g/mol. The van der Waals surface area contributed by atoms with Crippen LogP contribution < -0.4 is 5.32 Å². The molecule has 1 amide bonds. The van der Waals surface area contributed by atoms with Gasteiger partial charge in [0.05, 0.1) is 37.9 Å². The number of esters is 1. The number of allylic oxidation sites excluding steroid dienone is 1. The Balaban J connectivity index is 1.62. The van der Waals surface area contributed by atoms with Crippen LogP contribution in [0.4, 0.5) is 13.2 Å². The largest absolute Gasteiger partial charge is 0.463 e. The number of carbonyl (C=O) groups excluding carboxylic acids is 2. The Morgan fingerprint density at radius 1 is 1.27 bits per heavy atom. The van der Waals surface area contributed by atoms with E-state index in [4.69, 9.17) is 21.1 Å². The van der Waals surface area contributed by atoms with Gasteiger partial charge in [-0.05, 0) is 24.0 Å². The van der Waals surface area contributed by atoms with Gasteiger partial charge in [-0.3, -0.25) is 9.69 Å². The van der Waals surface area contributed by atoms with Crippen molar-refractivity contribution in [3.05, 3.63) is 57.2 Å². The highest BCUT2D eigenvalue weighted by molar-refractivity contribution is 8.16. The van der Waals surface area contributed by atoms with Crippen molar-refractivity contribution in [3.63, 3.8) is 0 Å². The second-order valence-corrected chi connectivity index (χ2v) is 9.62. The topological polar surface area (TPSA) is 83.5 Å². The van der Waals surface area contributed by atoms with Crippen LogP contribution in [0, 0.1) is 0 Å². The molecule has 1 saturated heterocycles. The van der Waals surface area contributed by atoms with Crippen LogP contribution in [0.15, 0.2) is 51.6 Å². The Bertz CT molecular complexity index is 1140. The maximum atomic E-state index is 14.1. The van der Waals surface area contributed by atoms with Crippen molar-refractivity contribution in [2.24, 2.45) is 4.99 Å². The molecule has 0 bridgehead atoms. The summed E-state index contributed by atoms with van der Waals surface area (Å²) in [6.07, 6.45) is -5.03. The van der Waals surface area contributed by atoms with E-state index in [0.29, 0.717) is 32.0 Å². The molecule has 1 aromatic carbocycles. The van der Waals surface area contributed by atoms with Gasteiger partial charge in [-0.25, -0.2) is 9.79 Å². The molecule has 0 radical (unpaired) electrons. The number of alkyl halides is 3. The molecule has 0 aromatic heterocycles. The van der Waals surface area contributed by atoms with Crippen LogP contribution in [0.2, 0.25) is 5.02 Å². The fourth-order valence-corrected chi connectivity index (χ4v) is 5.44. The molecule has 1 atom stereocenters. The molecule has 13 heteroatoms. The van der Waals surface area contributed by atoms with Gasteiger partial charge in [0.25, 0.3) is 0 Å². The molecule has 8 nitrogen and oxygen atoms in total. The molecule has 37 heavy (non-hydrogen) atoms. The summed E-state index contributed by atoms with van der Waals surface area (Å²) in [5, 5.41) is 4.60. The van der Waals surface area contributed by atoms with E-state index in [1.54, 1.807) is 23.6 Å². The van der Waals surface area contributed by atoms with Crippen LogP contribution in [0.25, 0.3) is 0 Å². The van der Waals surface area contributed by atoms with Gasteiger partial charge in [-0.1, -0.05) is 41.6 Å². The number of nitrogens with zero attached hydrogens (tertiary/aromatic N) is 3. The minimum atomic E-state index is -4.92. The van der Waals surface area contributed by atoms with Crippen molar-refractivity contribution in [1.29, 1.82) is 0 Å². The SMILES string of the molecule is CCOC(=O)C1=C(C(F)(F)F)N=C2SC=C(CC(=O)NCCN3CCOCC3)N2C1c1ccccc1Cl. The van der Waals surface area contributed by atoms with E-state index >= 15 is 0 Å². The fraction of sp³-hybridized carbons (Fsp3) is 0.458. The van der Waals surface area contributed by atoms with E-state index in [0.717, 1.165) is 24.9 Å². The summed E-state index contributed by atoms with van der Waals surface area (Å²) in [7, 11) is 0. The summed E-state index contributed by atoms with van der Waals surface area (Å²) in [5.41, 5.74) is -1.34. The van der Waals surface area contributed by atoms with E-state index in [1.807, 2.05) is 0 Å². The van der Waals surface area contributed by atoms with Gasteiger partial charge in [0.15, 0.2) is 10.9 Å². The Morgan fingerprint density at radius 2 is 2.00 bits per heavy atom. The third-order valence-electron chi connectivity index (χ3n) is 5.97. The molecule has 3 aliphatic rings. The lowest BCUT2D eigenvalue weighted by atomic mass is 9.93. The Kier molecular flexibility index (Phi) is 8.83. The number of thioether (sulfide) groups is 1. The van der Waals surface area contributed by atoms with Gasteiger partial charge in [0, 0.05) is 36.9 Å². The average molecular weight is 559 g/mol. The molecule has 0 aliphatic carbocycles. The minimum Gasteiger partial charge on any atom is -0.463 e. The Morgan fingerprint density at radius 3 is 2.68 bits per heavy atom. The molecule has 3 heterocycles. The number of aliphatic imine (C=N–C) groups is 1. The number of ether oxygens (including phenoxy) is 2. The zero-order chi connectivity index (χ0) is 26.6. The van der Waals surface area contributed by atoms with Gasteiger partial charge in [-0.15, -0.1) is 0 Å². The molecule has 1 unspecified atom stereocenters. The fourth-order valence-electron chi connectivity index (χ4n) is 4.28.